The van der Waals surface area contributed by atoms with E-state index in [0.717, 1.165) is 6.54 Å². The maximum atomic E-state index is 12.5. The third kappa shape index (κ3) is 3.10. The van der Waals surface area contributed by atoms with E-state index in [9.17, 15) is 13.2 Å². The van der Waals surface area contributed by atoms with Crippen LogP contribution in [-0.4, -0.2) is 56.4 Å². The van der Waals surface area contributed by atoms with Gasteiger partial charge in [0.25, 0.3) is 0 Å². The molecule has 2 heterocycles. The first-order chi connectivity index (χ1) is 8.94. The number of amides is 1. The molecular weight excluding hydrogens is 264 g/mol. The van der Waals surface area contributed by atoms with Gasteiger partial charge in [0.15, 0.2) is 9.84 Å². The van der Waals surface area contributed by atoms with E-state index in [0.29, 0.717) is 13.0 Å². The summed E-state index contributed by atoms with van der Waals surface area (Å²) < 4.78 is 23.1. The van der Waals surface area contributed by atoms with Crippen LogP contribution in [0, 0.1) is 24.2 Å². The van der Waals surface area contributed by atoms with Gasteiger partial charge in [0.05, 0.1) is 24.0 Å². The lowest BCUT2D eigenvalue weighted by molar-refractivity contribution is -0.137. The van der Waals surface area contributed by atoms with Gasteiger partial charge in [0, 0.05) is 12.6 Å². The lowest BCUT2D eigenvalue weighted by Gasteiger charge is -2.30. The Kier molecular flexibility index (Phi) is 4.16. The Hall–Kier alpha value is -1.06. The Balaban J connectivity index is 2.12. The molecule has 0 spiro atoms. The zero-order valence-corrected chi connectivity index (χ0v) is 11.9. The summed E-state index contributed by atoms with van der Waals surface area (Å²) in [6.07, 6.45) is 5.83. The predicted octanol–water partition coefficient (Wildman–Crippen LogP) is -0.509. The molecule has 0 aliphatic carbocycles. The van der Waals surface area contributed by atoms with Gasteiger partial charge in [-0.3, -0.25) is 4.79 Å². The van der Waals surface area contributed by atoms with Gasteiger partial charge in [-0.1, -0.05) is 12.8 Å². The minimum atomic E-state index is -3.01. The quantitative estimate of drug-likeness (QED) is 0.709. The number of nitrogens with zero attached hydrogens (tertiary/aromatic N) is 1. The molecule has 0 bridgehead atoms. The van der Waals surface area contributed by atoms with Gasteiger partial charge >= 0.3 is 0 Å². The molecule has 3 unspecified atom stereocenters. The summed E-state index contributed by atoms with van der Waals surface area (Å²) >= 11 is 0. The van der Waals surface area contributed by atoms with Crippen molar-refractivity contribution >= 4 is 15.7 Å². The molecule has 1 amide bonds. The largest absolute Gasteiger partial charge is 0.327 e. The smallest absolute Gasteiger partial charge is 0.228 e. The summed E-state index contributed by atoms with van der Waals surface area (Å²) in [6, 6.07) is -0.249. The maximum Gasteiger partial charge on any atom is 0.228 e. The van der Waals surface area contributed by atoms with E-state index in [2.05, 4.69) is 11.2 Å². The van der Waals surface area contributed by atoms with Crippen LogP contribution in [0.25, 0.3) is 0 Å². The molecule has 19 heavy (non-hydrogen) atoms. The standard InChI is InChI=1S/C13H20N2O3S/c1-3-5-15(11-4-6-19(17,18)9-11)13(16)12-8-14-7-10(12)2/h1,10-12,14H,4-9H2,2H3. The van der Waals surface area contributed by atoms with Crippen molar-refractivity contribution in [3.05, 3.63) is 0 Å². The molecule has 0 aromatic rings. The number of rotatable bonds is 3. The summed E-state index contributed by atoms with van der Waals surface area (Å²) in [5.41, 5.74) is 0. The van der Waals surface area contributed by atoms with Crippen LogP contribution in [0.2, 0.25) is 0 Å². The van der Waals surface area contributed by atoms with E-state index in [1.165, 1.54) is 0 Å². The summed E-state index contributed by atoms with van der Waals surface area (Å²) in [4.78, 5) is 14.1. The average molecular weight is 284 g/mol. The normalized spacial score (nSPS) is 32.9. The lowest BCUT2D eigenvalue weighted by Crippen LogP contribution is -2.46. The van der Waals surface area contributed by atoms with E-state index in [1.807, 2.05) is 6.92 Å². The molecule has 6 heteroatoms. The molecule has 106 valence electrons. The van der Waals surface area contributed by atoms with Crippen molar-refractivity contribution in [2.75, 3.05) is 31.1 Å². The zero-order valence-electron chi connectivity index (χ0n) is 11.1. The Labute approximate surface area is 114 Å². The summed E-state index contributed by atoms with van der Waals surface area (Å²) in [6.45, 7) is 3.70. The fourth-order valence-corrected chi connectivity index (χ4v) is 4.59. The van der Waals surface area contributed by atoms with Gasteiger partial charge < -0.3 is 10.2 Å². The van der Waals surface area contributed by atoms with E-state index in [1.54, 1.807) is 4.90 Å². The number of carbonyl (C=O) groups is 1. The second kappa shape index (κ2) is 5.51. The molecule has 2 fully saturated rings. The number of sulfone groups is 1. The van der Waals surface area contributed by atoms with Crippen molar-refractivity contribution < 1.29 is 13.2 Å². The molecule has 5 nitrogen and oxygen atoms in total. The molecule has 0 radical (unpaired) electrons. The van der Waals surface area contributed by atoms with E-state index in [-0.39, 0.29) is 41.8 Å². The molecule has 1 N–H and O–H groups in total. The number of hydrogen-bond donors (Lipinski definition) is 1. The Bertz CT molecular complexity index is 495. The highest BCUT2D eigenvalue weighted by atomic mass is 32.2. The van der Waals surface area contributed by atoms with Gasteiger partial charge in [-0.2, -0.15) is 0 Å². The van der Waals surface area contributed by atoms with Gasteiger partial charge in [-0.25, -0.2) is 8.42 Å². The average Bonchev–Trinajstić information content (AvgIpc) is 2.91. The van der Waals surface area contributed by atoms with Crippen LogP contribution in [0.3, 0.4) is 0 Å². The van der Waals surface area contributed by atoms with Crippen LogP contribution in [-0.2, 0) is 14.6 Å². The highest BCUT2D eigenvalue weighted by Gasteiger charge is 2.39. The van der Waals surface area contributed by atoms with Gasteiger partial charge in [0.2, 0.25) is 5.91 Å². The second-order valence-electron chi connectivity index (χ2n) is 5.47. The van der Waals surface area contributed by atoms with Gasteiger partial charge in [-0.05, 0) is 18.9 Å². The third-order valence-electron chi connectivity index (χ3n) is 4.03. The van der Waals surface area contributed by atoms with Crippen molar-refractivity contribution in [3.8, 4) is 12.3 Å². The fraction of sp³-hybridized carbons (Fsp3) is 0.769. The molecule has 3 atom stereocenters. The number of hydrogen-bond acceptors (Lipinski definition) is 4. The Morgan fingerprint density at radius 2 is 2.21 bits per heavy atom. The SMILES string of the molecule is C#CCN(C(=O)C1CNCC1C)C1CCS(=O)(=O)C1. The lowest BCUT2D eigenvalue weighted by atomic mass is 9.96. The van der Waals surface area contributed by atoms with Gasteiger partial charge in [0.1, 0.15) is 0 Å². The molecule has 0 aromatic carbocycles. The van der Waals surface area contributed by atoms with Crippen molar-refractivity contribution in [1.82, 2.24) is 10.2 Å². The van der Waals surface area contributed by atoms with Gasteiger partial charge in [-0.15, -0.1) is 6.42 Å². The van der Waals surface area contributed by atoms with Crippen LogP contribution < -0.4 is 5.32 Å². The van der Waals surface area contributed by atoms with Crippen molar-refractivity contribution in [3.63, 3.8) is 0 Å². The minimum absolute atomic E-state index is 0.00227. The molecule has 2 aliphatic rings. The fourth-order valence-electron chi connectivity index (χ4n) is 2.86. The zero-order chi connectivity index (χ0) is 14.0. The summed E-state index contributed by atoms with van der Waals surface area (Å²) in [5.74, 6) is 2.87. The van der Waals surface area contributed by atoms with Crippen LogP contribution in [0.4, 0.5) is 0 Å². The first-order valence-electron chi connectivity index (χ1n) is 6.59. The topological polar surface area (TPSA) is 66.5 Å². The van der Waals surface area contributed by atoms with Crippen molar-refractivity contribution in [1.29, 1.82) is 0 Å². The van der Waals surface area contributed by atoms with Crippen molar-refractivity contribution in [2.24, 2.45) is 11.8 Å². The van der Waals surface area contributed by atoms with Crippen LogP contribution in [0.1, 0.15) is 13.3 Å². The maximum absolute atomic E-state index is 12.5. The number of carbonyl (C=O) groups excluding carboxylic acids is 1. The van der Waals surface area contributed by atoms with Crippen LogP contribution in [0.5, 0.6) is 0 Å². The summed E-state index contributed by atoms with van der Waals surface area (Å²) in [5, 5.41) is 3.19. The van der Waals surface area contributed by atoms with Crippen LogP contribution in [0.15, 0.2) is 0 Å². The van der Waals surface area contributed by atoms with E-state index in [4.69, 9.17) is 6.42 Å². The Morgan fingerprint density at radius 3 is 2.68 bits per heavy atom. The highest BCUT2D eigenvalue weighted by Crippen LogP contribution is 2.24. The summed E-state index contributed by atoms with van der Waals surface area (Å²) in [7, 11) is -3.01. The molecule has 0 saturated carbocycles. The molecule has 2 aliphatic heterocycles. The molecule has 0 aromatic heterocycles. The number of terminal acetylenes is 1. The van der Waals surface area contributed by atoms with E-state index >= 15 is 0 Å². The second-order valence-corrected chi connectivity index (χ2v) is 7.70. The highest BCUT2D eigenvalue weighted by molar-refractivity contribution is 7.91. The molecule has 2 saturated heterocycles. The minimum Gasteiger partial charge on any atom is -0.327 e. The van der Waals surface area contributed by atoms with E-state index < -0.39 is 9.84 Å². The predicted molar refractivity (Wildman–Crippen MR) is 73.1 cm³/mol. The molecular formula is C13H20N2O3S. The first kappa shape index (κ1) is 14.4. The monoisotopic (exact) mass is 284 g/mol. The first-order valence-corrected chi connectivity index (χ1v) is 8.42. The third-order valence-corrected chi connectivity index (χ3v) is 5.78. The number of nitrogens with one attached hydrogen (secondary N) is 1. The molecule has 2 rings (SSSR count). The van der Waals surface area contributed by atoms with Crippen molar-refractivity contribution in [2.45, 2.75) is 19.4 Å². The van der Waals surface area contributed by atoms with Crippen LogP contribution >= 0.6 is 0 Å². The Morgan fingerprint density at radius 1 is 1.47 bits per heavy atom.